The number of piperazine rings is 1. The number of benzene rings is 1. The first kappa shape index (κ1) is 13.1. The van der Waals surface area contributed by atoms with Crippen LogP contribution in [0.4, 0.5) is 5.69 Å². The smallest absolute Gasteiger partial charge is 0.246 e. The lowest BCUT2D eigenvalue weighted by Gasteiger charge is -2.47. The van der Waals surface area contributed by atoms with E-state index >= 15 is 0 Å². The van der Waals surface area contributed by atoms with Crippen molar-refractivity contribution in [1.82, 2.24) is 5.32 Å². The third kappa shape index (κ3) is 2.41. The molecule has 98 valence electrons. The fourth-order valence-electron chi connectivity index (χ4n) is 2.68. The molecule has 0 bridgehead atoms. The van der Waals surface area contributed by atoms with Crippen molar-refractivity contribution in [3.05, 3.63) is 29.8 Å². The van der Waals surface area contributed by atoms with Gasteiger partial charge in [-0.25, -0.2) is 0 Å². The minimum Gasteiger partial charge on any atom is -0.309 e. The van der Waals surface area contributed by atoms with Crippen molar-refractivity contribution in [2.45, 2.75) is 45.7 Å². The number of carbonyl (C=O) groups is 1. The lowest BCUT2D eigenvalue weighted by Crippen LogP contribution is -2.70. The molecule has 1 aliphatic rings. The maximum absolute atomic E-state index is 12.5. The Balaban J connectivity index is 2.37. The highest BCUT2D eigenvalue weighted by Crippen LogP contribution is 2.27. The van der Waals surface area contributed by atoms with E-state index in [1.807, 2.05) is 43.0 Å². The standard InChI is InChI=1S/C15H22N2O/c1-11-6-8-12(9-7-11)17-10-14(2,3)16-15(4,5)13(17)18/h6-9,16H,10H2,1-5H3. The summed E-state index contributed by atoms with van der Waals surface area (Å²) in [4.78, 5) is 14.4. The second-order valence-corrected chi connectivity index (χ2v) is 6.36. The molecule has 0 radical (unpaired) electrons. The van der Waals surface area contributed by atoms with Gasteiger partial charge >= 0.3 is 0 Å². The highest BCUT2D eigenvalue weighted by Gasteiger charge is 2.43. The lowest BCUT2D eigenvalue weighted by atomic mass is 9.90. The number of nitrogens with one attached hydrogen (secondary N) is 1. The number of amides is 1. The van der Waals surface area contributed by atoms with Gasteiger partial charge in [0.05, 0.1) is 5.54 Å². The molecule has 1 aromatic rings. The van der Waals surface area contributed by atoms with Gasteiger partial charge in [0.1, 0.15) is 0 Å². The maximum Gasteiger partial charge on any atom is 0.246 e. The van der Waals surface area contributed by atoms with Gasteiger partial charge in [-0.1, -0.05) is 17.7 Å². The monoisotopic (exact) mass is 246 g/mol. The molecule has 0 unspecified atom stereocenters. The Hall–Kier alpha value is -1.35. The second kappa shape index (κ2) is 4.09. The Labute approximate surface area is 109 Å². The molecule has 2 rings (SSSR count). The van der Waals surface area contributed by atoms with Gasteiger partial charge < -0.3 is 4.90 Å². The van der Waals surface area contributed by atoms with Crippen LogP contribution in [0.2, 0.25) is 0 Å². The predicted octanol–water partition coefficient (Wildman–Crippen LogP) is 2.49. The molecule has 1 saturated heterocycles. The van der Waals surface area contributed by atoms with E-state index < -0.39 is 5.54 Å². The molecule has 1 aliphatic heterocycles. The van der Waals surface area contributed by atoms with Crippen molar-refractivity contribution in [3.63, 3.8) is 0 Å². The molecule has 0 atom stereocenters. The van der Waals surface area contributed by atoms with Crippen LogP contribution in [0.5, 0.6) is 0 Å². The van der Waals surface area contributed by atoms with Crippen LogP contribution in [-0.2, 0) is 4.79 Å². The summed E-state index contributed by atoms with van der Waals surface area (Å²) in [5.74, 6) is 0.130. The van der Waals surface area contributed by atoms with Gasteiger partial charge in [-0.15, -0.1) is 0 Å². The van der Waals surface area contributed by atoms with E-state index in [-0.39, 0.29) is 11.4 Å². The number of anilines is 1. The van der Waals surface area contributed by atoms with E-state index in [0.717, 1.165) is 5.69 Å². The molecule has 3 nitrogen and oxygen atoms in total. The van der Waals surface area contributed by atoms with Crippen molar-refractivity contribution < 1.29 is 4.79 Å². The molecular formula is C15H22N2O. The molecule has 1 aromatic carbocycles. The van der Waals surface area contributed by atoms with Gasteiger partial charge in [0.25, 0.3) is 0 Å². The number of hydrogen-bond donors (Lipinski definition) is 1. The van der Waals surface area contributed by atoms with Crippen LogP contribution in [-0.4, -0.2) is 23.5 Å². The fraction of sp³-hybridized carbons (Fsp3) is 0.533. The molecular weight excluding hydrogens is 224 g/mol. The van der Waals surface area contributed by atoms with Crippen molar-refractivity contribution >= 4 is 11.6 Å². The summed E-state index contributed by atoms with van der Waals surface area (Å²) in [5.41, 5.74) is 1.59. The molecule has 1 amide bonds. The van der Waals surface area contributed by atoms with E-state index in [2.05, 4.69) is 26.1 Å². The Kier molecular flexibility index (Phi) is 2.98. The SMILES string of the molecule is Cc1ccc(N2CC(C)(C)NC(C)(C)C2=O)cc1. The van der Waals surface area contributed by atoms with Gasteiger partial charge in [0.15, 0.2) is 0 Å². The Morgan fingerprint density at radius 2 is 1.67 bits per heavy atom. The summed E-state index contributed by atoms with van der Waals surface area (Å²) in [7, 11) is 0. The zero-order valence-corrected chi connectivity index (χ0v) is 11.9. The molecule has 1 N–H and O–H groups in total. The van der Waals surface area contributed by atoms with Crippen molar-refractivity contribution in [1.29, 1.82) is 0 Å². The van der Waals surface area contributed by atoms with Crippen molar-refractivity contribution in [2.75, 3.05) is 11.4 Å². The van der Waals surface area contributed by atoms with E-state index in [1.54, 1.807) is 0 Å². The van der Waals surface area contributed by atoms with Gasteiger partial charge in [-0.3, -0.25) is 10.1 Å². The van der Waals surface area contributed by atoms with Gasteiger partial charge in [-0.05, 0) is 46.8 Å². The highest BCUT2D eigenvalue weighted by atomic mass is 16.2. The Bertz CT molecular complexity index is 460. The summed E-state index contributed by atoms with van der Waals surface area (Å²) in [5, 5.41) is 3.40. The Morgan fingerprint density at radius 1 is 1.11 bits per heavy atom. The summed E-state index contributed by atoms with van der Waals surface area (Å²) in [6.45, 7) is 10.9. The summed E-state index contributed by atoms with van der Waals surface area (Å²) >= 11 is 0. The first-order valence-corrected chi connectivity index (χ1v) is 6.39. The first-order chi connectivity index (χ1) is 8.21. The van der Waals surface area contributed by atoms with Crippen LogP contribution >= 0.6 is 0 Å². The van der Waals surface area contributed by atoms with E-state index in [9.17, 15) is 4.79 Å². The number of hydrogen-bond acceptors (Lipinski definition) is 2. The van der Waals surface area contributed by atoms with E-state index in [4.69, 9.17) is 0 Å². The number of carbonyl (C=O) groups excluding carboxylic acids is 1. The molecule has 0 saturated carbocycles. The molecule has 0 spiro atoms. The molecule has 1 heterocycles. The molecule has 3 heteroatoms. The molecule has 18 heavy (non-hydrogen) atoms. The van der Waals surface area contributed by atoms with Crippen LogP contribution < -0.4 is 10.2 Å². The zero-order valence-electron chi connectivity index (χ0n) is 11.9. The second-order valence-electron chi connectivity index (χ2n) is 6.36. The largest absolute Gasteiger partial charge is 0.309 e. The van der Waals surface area contributed by atoms with Crippen LogP contribution in [0, 0.1) is 6.92 Å². The van der Waals surface area contributed by atoms with Crippen LogP contribution in [0.3, 0.4) is 0 Å². The van der Waals surface area contributed by atoms with E-state index in [0.29, 0.717) is 6.54 Å². The topological polar surface area (TPSA) is 32.3 Å². The predicted molar refractivity (Wildman–Crippen MR) is 74.8 cm³/mol. The van der Waals surface area contributed by atoms with Crippen LogP contribution in [0.25, 0.3) is 0 Å². The maximum atomic E-state index is 12.5. The van der Waals surface area contributed by atoms with E-state index in [1.165, 1.54) is 5.56 Å². The highest BCUT2D eigenvalue weighted by molar-refractivity contribution is 6.00. The average Bonchev–Trinajstić information content (AvgIpc) is 2.23. The molecule has 0 aromatic heterocycles. The van der Waals surface area contributed by atoms with Crippen molar-refractivity contribution in [2.24, 2.45) is 0 Å². The summed E-state index contributed by atoms with van der Waals surface area (Å²) in [6.07, 6.45) is 0. The van der Waals surface area contributed by atoms with Gasteiger partial charge in [-0.2, -0.15) is 0 Å². The molecule has 1 fully saturated rings. The summed E-state index contributed by atoms with van der Waals surface area (Å²) in [6, 6.07) is 8.13. The fourth-order valence-corrected chi connectivity index (χ4v) is 2.68. The van der Waals surface area contributed by atoms with Gasteiger partial charge in [0.2, 0.25) is 5.91 Å². The van der Waals surface area contributed by atoms with Crippen LogP contribution in [0.1, 0.15) is 33.3 Å². The lowest BCUT2D eigenvalue weighted by molar-refractivity contribution is -0.126. The van der Waals surface area contributed by atoms with Crippen LogP contribution in [0.15, 0.2) is 24.3 Å². The minimum atomic E-state index is -0.521. The Morgan fingerprint density at radius 3 is 2.22 bits per heavy atom. The average molecular weight is 246 g/mol. The summed E-state index contributed by atoms with van der Waals surface area (Å²) < 4.78 is 0. The van der Waals surface area contributed by atoms with Crippen molar-refractivity contribution in [3.8, 4) is 0 Å². The zero-order chi connectivity index (χ0) is 13.6. The quantitative estimate of drug-likeness (QED) is 0.825. The van der Waals surface area contributed by atoms with Gasteiger partial charge in [0, 0.05) is 17.8 Å². The number of aryl methyl sites for hydroxylation is 1. The first-order valence-electron chi connectivity index (χ1n) is 6.39. The number of rotatable bonds is 1. The minimum absolute atomic E-state index is 0.0811. The normalized spacial score (nSPS) is 22.1. The molecule has 0 aliphatic carbocycles. The third-order valence-electron chi connectivity index (χ3n) is 3.33. The third-order valence-corrected chi connectivity index (χ3v) is 3.33. The number of nitrogens with zero attached hydrogens (tertiary/aromatic N) is 1.